The number of nitrogens with zero attached hydrogens (tertiary/aromatic N) is 1. The number of benzene rings is 1. The van der Waals surface area contributed by atoms with Crippen LogP contribution in [0, 0.1) is 23.7 Å². The molecule has 7 atom stereocenters. The summed E-state index contributed by atoms with van der Waals surface area (Å²) in [5.41, 5.74) is 0.481. The fraction of sp³-hybridized carbons (Fsp3) is 0.640. The van der Waals surface area contributed by atoms with Crippen LogP contribution in [0.25, 0.3) is 0 Å². The van der Waals surface area contributed by atoms with Crippen LogP contribution in [0.4, 0.5) is 5.69 Å². The van der Waals surface area contributed by atoms with Crippen molar-refractivity contribution in [2.45, 2.75) is 62.6 Å². The van der Waals surface area contributed by atoms with Crippen molar-refractivity contribution in [3.63, 3.8) is 0 Å². The lowest BCUT2D eigenvalue weighted by atomic mass is 9.66. The van der Waals surface area contributed by atoms with Gasteiger partial charge in [0.15, 0.2) is 0 Å². The van der Waals surface area contributed by atoms with Gasteiger partial charge in [0.25, 0.3) is 0 Å². The lowest BCUT2D eigenvalue weighted by molar-refractivity contribution is -0.143. The molecule has 1 aromatic rings. The summed E-state index contributed by atoms with van der Waals surface area (Å²) in [6.07, 6.45) is 1.58. The molecule has 7 nitrogen and oxygen atoms in total. The van der Waals surface area contributed by atoms with Gasteiger partial charge in [-0.2, -0.15) is 0 Å². The predicted molar refractivity (Wildman–Crippen MR) is 135 cm³/mol. The Hall–Kier alpha value is -1.77. The standard InChI is InChI=1S/C25H34ClN3O4S/c1-5-10-27-22(31)19-18-11-14(4)25(34-18)20(19)24(33)29(17(12-30)13(2)3)21(25)23(32)28-16-9-7-6-8-15(16)26/h6-9,13-14,17-21,30H,5,10-12H2,1-4H3,(H,27,31)(H,28,32)/t14?,17-,18-,19+,20-,21?,25?/m0/s1. The minimum atomic E-state index is -0.810. The molecule has 3 fully saturated rings. The first-order valence-corrected chi connectivity index (χ1v) is 13.4. The average molecular weight is 508 g/mol. The Kier molecular flexibility index (Phi) is 7.23. The highest BCUT2D eigenvalue weighted by Crippen LogP contribution is 2.69. The second kappa shape index (κ2) is 9.70. The Morgan fingerprint density at radius 3 is 2.62 bits per heavy atom. The number of carbonyl (C=O) groups excluding carboxylic acids is 3. The predicted octanol–water partition coefficient (Wildman–Crippen LogP) is 3.16. The molecule has 1 aromatic carbocycles. The van der Waals surface area contributed by atoms with Crippen molar-refractivity contribution in [1.82, 2.24) is 10.2 Å². The number of nitrogens with one attached hydrogen (secondary N) is 2. The third-order valence-corrected chi connectivity index (χ3v) is 10.1. The minimum Gasteiger partial charge on any atom is -0.394 e. The molecule has 3 amide bonds. The summed E-state index contributed by atoms with van der Waals surface area (Å²) in [7, 11) is 0. The lowest BCUT2D eigenvalue weighted by Crippen LogP contribution is -2.58. The van der Waals surface area contributed by atoms with Gasteiger partial charge in [0.05, 0.1) is 39.9 Å². The van der Waals surface area contributed by atoms with Crippen LogP contribution in [-0.4, -0.2) is 63.0 Å². The molecule has 9 heteroatoms. The molecule has 3 aliphatic rings. The molecule has 186 valence electrons. The molecular weight excluding hydrogens is 474 g/mol. The number of para-hydroxylation sites is 1. The van der Waals surface area contributed by atoms with Gasteiger partial charge in [-0.25, -0.2) is 0 Å². The maximum atomic E-state index is 14.1. The first-order chi connectivity index (χ1) is 16.2. The molecule has 1 spiro atoms. The van der Waals surface area contributed by atoms with E-state index in [0.29, 0.717) is 17.3 Å². The molecule has 3 N–H and O–H groups in total. The number of amides is 3. The molecule has 0 radical (unpaired) electrons. The summed E-state index contributed by atoms with van der Waals surface area (Å²) in [6.45, 7) is 8.24. The SMILES string of the molecule is CCCNC(=O)[C@@H]1[C@@H]2CC(C)C3(S2)C(C(=O)Nc2ccccc2Cl)N([C@@H](CO)C(C)C)C(=O)[C@H]13. The number of aliphatic hydroxyl groups excluding tert-OH is 1. The van der Waals surface area contributed by atoms with Gasteiger partial charge in [-0.1, -0.05) is 51.4 Å². The summed E-state index contributed by atoms with van der Waals surface area (Å²) in [5.74, 6) is -1.72. The van der Waals surface area contributed by atoms with Gasteiger partial charge in [0.2, 0.25) is 17.7 Å². The van der Waals surface area contributed by atoms with Crippen LogP contribution in [0.15, 0.2) is 24.3 Å². The number of fused-ring (bicyclic) bond motifs is 1. The fourth-order valence-corrected chi connectivity index (χ4v) is 8.76. The van der Waals surface area contributed by atoms with E-state index in [4.69, 9.17) is 11.6 Å². The number of hydrogen-bond acceptors (Lipinski definition) is 5. The number of aliphatic hydroxyl groups is 1. The highest BCUT2D eigenvalue weighted by Gasteiger charge is 2.76. The van der Waals surface area contributed by atoms with Crippen molar-refractivity contribution in [3.05, 3.63) is 29.3 Å². The topological polar surface area (TPSA) is 98.7 Å². The maximum Gasteiger partial charge on any atom is 0.248 e. The zero-order valence-corrected chi connectivity index (χ0v) is 21.7. The summed E-state index contributed by atoms with van der Waals surface area (Å²) in [6, 6.07) is 5.67. The Bertz CT molecular complexity index is 975. The van der Waals surface area contributed by atoms with E-state index in [1.54, 1.807) is 40.9 Å². The van der Waals surface area contributed by atoms with Crippen molar-refractivity contribution in [2.75, 3.05) is 18.5 Å². The second-order valence-electron chi connectivity index (χ2n) is 10.1. The van der Waals surface area contributed by atoms with Crippen LogP contribution in [0.2, 0.25) is 5.02 Å². The number of carbonyl (C=O) groups is 3. The van der Waals surface area contributed by atoms with E-state index in [1.807, 2.05) is 20.8 Å². The van der Waals surface area contributed by atoms with Crippen LogP contribution in [0.1, 0.15) is 40.5 Å². The largest absolute Gasteiger partial charge is 0.394 e. The zero-order valence-electron chi connectivity index (χ0n) is 20.1. The molecule has 3 heterocycles. The van der Waals surface area contributed by atoms with E-state index < -0.39 is 28.7 Å². The van der Waals surface area contributed by atoms with Crippen LogP contribution in [0.5, 0.6) is 0 Å². The molecule has 4 rings (SSSR count). The lowest BCUT2D eigenvalue weighted by Gasteiger charge is -2.40. The van der Waals surface area contributed by atoms with Crippen LogP contribution < -0.4 is 10.6 Å². The number of anilines is 1. The number of rotatable bonds is 8. The third-order valence-electron chi connectivity index (χ3n) is 7.73. The summed E-state index contributed by atoms with van der Waals surface area (Å²) >= 11 is 7.94. The van der Waals surface area contributed by atoms with Gasteiger partial charge in [-0.3, -0.25) is 14.4 Å². The Balaban J connectivity index is 1.78. The van der Waals surface area contributed by atoms with E-state index >= 15 is 0 Å². The molecule has 3 unspecified atom stereocenters. The van der Waals surface area contributed by atoms with Crippen LogP contribution in [-0.2, 0) is 14.4 Å². The highest BCUT2D eigenvalue weighted by atomic mass is 35.5. The van der Waals surface area contributed by atoms with Crippen molar-refractivity contribution in [2.24, 2.45) is 23.7 Å². The molecular formula is C25H34ClN3O4S. The van der Waals surface area contributed by atoms with Gasteiger partial charge < -0.3 is 20.6 Å². The molecule has 3 aliphatic heterocycles. The molecule has 0 saturated carbocycles. The van der Waals surface area contributed by atoms with Crippen molar-refractivity contribution in [3.8, 4) is 0 Å². The second-order valence-corrected chi connectivity index (χ2v) is 12.0. The maximum absolute atomic E-state index is 14.1. The molecule has 2 bridgehead atoms. The van der Waals surface area contributed by atoms with E-state index in [2.05, 4.69) is 17.6 Å². The van der Waals surface area contributed by atoms with Crippen molar-refractivity contribution < 1.29 is 19.5 Å². The number of thioether (sulfide) groups is 1. The minimum absolute atomic E-state index is 0.00908. The average Bonchev–Trinajstić information content (AvgIpc) is 3.38. The van der Waals surface area contributed by atoms with Gasteiger partial charge in [-0.05, 0) is 36.8 Å². The van der Waals surface area contributed by atoms with Crippen LogP contribution >= 0.6 is 23.4 Å². The fourth-order valence-electron chi connectivity index (χ4n) is 6.17. The van der Waals surface area contributed by atoms with Crippen molar-refractivity contribution >= 4 is 46.8 Å². The van der Waals surface area contributed by atoms with Crippen LogP contribution in [0.3, 0.4) is 0 Å². The van der Waals surface area contributed by atoms with Gasteiger partial charge in [0.1, 0.15) is 6.04 Å². The summed E-state index contributed by atoms with van der Waals surface area (Å²) in [5, 5.41) is 16.6. The normalized spacial score (nSPS) is 32.7. The third kappa shape index (κ3) is 3.82. The number of likely N-dealkylation sites (tertiary alicyclic amines) is 1. The smallest absolute Gasteiger partial charge is 0.248 e. The summed E-state index contributed by atoms with van der Waals surface area (Å²) in [4.78, 5) is 42.8. The molecule has 0 aromatic heterocycles. The van der Waals surface area contributed by atoms with Gasteiger partial charge in [-0.15, -0.1) is 11.8 Å². The van der Waals surface area contributed by atoms with E-state index in [1.165, 1.54) is 0 Å². The monoisotopic (exact) mass is 507 g/mol. The molecule has 34 heavy (non-hydrogen) atoms. The van der Waals surface area contributed by atoms with Gasteiger partial charge in [0, 0.05) is 11.8 Å². The first-order valence-electron chi connectivity index (χ1n) is 12.1. The van der Waals surface area contributed by atoms with E-state index in [-0.39, 0.29) is 41.4 Å². The van der Waals surface area contributed by atoms with E-state index in [9.17, 15) is 19.5 Å². The quantitative estimate of drug-likeness (QED) is 0.502. The molecule has 3 saturated heterocycles. The number of halogens is 1. The summed E-state index contributed by atoms with van der Waals surface area (Å²) < 4.78 is -0.733. The Morgan fingerprint density at radius 2 is 2.00 bits per heavy atom. The molecule has 0 aliphatic carbocycles. The van der Waals surface area contributed by atoms with Crippen molar-refractivity contribution in [1.29, 1.82) is 0 Å². The zero-order chi connectivity index (χ0) is 24.8. The van der Waals surface area contributed by atoms with E-state index in [0.717, 1.165) is 12.8 Å². The first kappa shape index (κ1) is 25.3. The Morgan fingerprint density at radius 1 is 1.29 bits per heavy atom. The number of hydrogen-bond donors (Lipinski definition) is 3. The van der Waals surface area contributed by atoms with Gasteiger partial charge >= 0.3 is 0 Å². The highest BCUT2D eigenvalue weighted by molar-refractivity contribution is 8.02. The Labute approximate surface area is 210 Å².